The maximum absolute atomic E-state index is 12.6. The summed E-state index contributed by atoms with van der Waals surface area (Å²) >= 11 is 0. The SMILES string of the molecule is CC1CCC(C(=O)NC2CC2)CN1c1cncc2cnc3[nH]ccc3c12. The third-order valence-corrected chi connectivity index (χ3v) is 5.77. The third kappa shape index (κ3) is 2.60. The number of fused-ring (bicyclic) bond motifs is 3. The minimum Gasteiger partial charge on any atom is -0.366 e. The van der Waals surface area contributed by atoms with Crippen LogP contribution in [0.25, 0.3) is 21.8 Å². The maximum atomic E-state index is 12.6. The first kappa shape index (κ1) is 15.6. The third-order valence-electron chi connectivity index (χ3n) is 5.77. The van der Waals surface area contributed by atoms with Crippen molar-refractivity contribution in [3.8, 4) is 0 Å². The van der Waals surface area contributed by atoms with Crippen LogP contribution in [0.3, 0.4) is 0 Å². The molecule has 3 aromatic rings. The van der Waals surface area contributed by atoms with Gasteiger partial charge in [0.2, 0.25) is 5.91 Å². The number of H-pyrrole nitrogens is 1. The van der Waals surface area contributed by atoms with Gasteiger partial charge in [-0.2, -0.15) is 0 Å². The van der Waals surface area contributed by atoms with E-state index in [1.54, 1.807) is 0 Å². The van der Waals surface area contributed by atoms with Crippen molar-refractivity contribution in [2.24, 2.45) is 5.92 Å². The summed E-state index contributed by atoms with van der Waals surface area (Å²) in [6.07, 6.45) is 11.8. The van der Waals surface area contributed by atoms with Gasteiger partial charge >= 0.3 is 0 Å². The van der Waals surface area contributed by atoms with E-state index in [9.17, 15) is 4.79 Å². The molecule has 1 aliphatic heterocycles. The van der Waals surface area contributed by atoms with Crippen LogP contribution in [0.15, 0.2) is 30.9 Å². The summed E-state index contributed by atoms with van der Waals surface area (Å²) in [7, 11) is 0. The van der Waals surface area contributed by atoms with Gasteiger partial charge in [0.15, 0.2) is 0 Å². The van der Waals surface area contributed by atoms with Gasteiger partial charge in [0.1, 0.15) is 5.65 Å². The van der Waals surface area contributed by atoms with Gasteiger partial charge in [-0.3, -0.25) is 9.78 Å². The van der Waals surface area contributed by atoms with Crippen molar-refractivity contribution in [1.29, 1.82) is 0 Å². The minimum absolute atomic E-state index is 0.0469. The van der Waals surface area contributed by atoms with Crippen molar-refractivity contribution in [2.45, 2.75) is 44.7 Å². The van der Waals surface area contributed by atoms with Gasteiger partial charge in [-0.15, -0.1) is 0 Å². The lowest BCUT2D eigenvalue weighted by atomic mass is 9.91. The Labute approximate surface area is 152 Å². The summed E-state index contributed by atoms with van der Waals surface area (Å²) in [6, 6.07) is 2.87. The molecule has 0 radical (unpaired) electrons. The average Bonchev–Trinajstić information content (AvgIpc) is 3.33. The van der Waals surface area contributed by atoms with E-state index in [0.717, 1.165) is 54.3 Å². The molecule has 134 valence electrons. The van der Waals surface area contributed by atoms with Crippen molar-refractivity contribution in [3.63, 3.8) is 0 Å². The monoisotopic (exact) mass is 349 g/mol. The normalized spacial score (nSPS) is 23.5. The number of hydrogen-bond acceptors (Lipinski definition) is 4. The molecular weight excluding hydrogens is 326 g/mol. The average molecular weight is 349 g/mol. The fourth-order valence-electron chi connectivity index (χ4n) is 4.08. The molecule has 2 unspecified atom stereocenters. The smallest absolute Gasteiger partial charge is 0.225 e. The Kier molecular flexibility index (Phi) is 3.58. The molecule has 5 rings (SSSR count). The Balaban J connectivity index is 1.54. The number of carbonyl (C=O) groups excluding carboxylic acids is 1. The van der Waals surface area contributed by atoms with Crippen LogP contribution in [0.5, 0.6) is 0 Å². The van der Waals surface area contributed by atoms with E-state index in [2.05, 4.69) is 38.2 Å². The molecular formula is C20H23N5O. The first-order valence-corrected chi connectivity index (χ1v) is 9.47. The number of rotatable bonds is 3. The molecule has 1 saturated carbocycles. The van der Waals surface area contributed by atoms with Gasteiger partial charge < -0.3 is 15.2 Å². The van der Waals surface area contributed by atoms with Crippen molar-refractivity contribution >= 4 is 33.4 Å². The quantitative estimate of drug-likeness (QED) is 0.762. The summed E-state index contributed by atoms with van der Waals surface area (Å²) in [6.45, 7) is 2.98. The number of carbonyl (C=O) groups is 1. The molecule has 2 aliphatic rings. The van der Waals surface area contributed by atoms with Crippen LogP contribution in [0.2, 0.25) is 0 Å². The highest BCUT2D eigenvalue weighted by Gasteiger charge is 2.33. The molecule has 2 fully saturated rings. The number of aromatic nitrogens is 3. The molecule has 0 bridgehead atoms. The second kappa shape index (κ2) is 5.97. The summed E-state index contributed by atoms with van der Waals surface area (Å²) in [5.74, 6) is 0.261. The molecule has 6 heteroatoms. The molecule has 0 spiro atoms. The zero-order valence-electron chi connectivity index (χ0n) is 14.9. The first-order valence-electron chi connectivity index (χ1n) is 9.47. The second-order valence-electron chi connectivity index (χ2n) is 7.68. The molecule has 1 aliphatic carbocycles. The number of hydrogen-bond donors (Lipinski definition) is 2. The van der Waals surface area contributed by atoms with E-state index >= 15 is 0 Å². The van der Waals surface area contributed by atoms with Gasteiger partial charge in [-0.25, -0.2) is 4.98 Å². The fraction of sp³-hybridized carbons (Fsp3) is 0.450. The van der Waals surface area contributed by atoms with Gasteiger partial charge in [-0.05, 0) is 38.7 Å². The summed E-state index contributed by atoms with van der Waals surface area (Å²) in [5.41, 5.74) is 1.99. The van der Waals surface area contributed by atoms with Crippen molar-refractivity contribution < 1.29 is 4.79 Å². The number of aromatic amines is 1. The summed E-state index contributed by atoms with van der Waals surface area (Å²) < 4.78 is 0. The fourth-order valence-corrected chi connectivity index (χ4v) is 4.08. The van der Waals surface area contributed by atoms with E-state index in [0.29, 0.717) is 12.1 Å². The van der Waals surface area contributed by atoms with E-state index in [1.807, 2.05) is 24.8 Å². The molecule has 6 nitrogen and oxygen atoms in total. The zero-order chi connectivity index (χ0) is 17.7. The predicted octanol–water partition coefficient (Wildman–Crippen LogP) is 2.99. The Morgan fingerprint density at radius 2 is 2.12 bits per heavy atom. The number of nitrogens with one attached hydrogen (secondary N) is 2. The molecule has 4 heterocycles. The van der Waals surface area contributed by atoms with Crippen LogP contribution in [0, 0.1) is 5.92 Å². The summed E-state index contributed by atoms with van der Waals surface area (Å²) in [5, 5.41) is 6.49. The number of piperidine rings is 1. The second-order valence-corrected chi connectivity index (χ2v) is 7.68. The van der Waals surface area contributed by atoms with Gasteiger partial charge in [0, 0.05) is 53.4 Å². The lowest BCUT2D eigenvalue weighted by molar-refractivity contribution is -0.125. The van der Waals surface area contributed by atoms with Gasteiger partial charge in [-0.1, -0.05) is 0 Å². The summed E-state index contributed by atoms with van der Waals surface area (Å²) in [4.78, 5) is 27.1. The van der Waals surface area contributed by atoms with Gasteiger partial charge in [0.05, 0.1) is 17.8 Å². The molecule has 2 N–H and O–H groups in total. The lowest BCUT2D eigenvalue weighted by Gasteiger charge is -2.39. The van der Waals surface area contributed by atoms with Crippen LogP contribution >= 0.6 is 0 Å². The topological polar surface area (TPSA) is 73.9 Å². The maximum Gasteiger partial charge on any atom is 0.225 e. The van der Waals surface area contributed by atoms with E-state index < -0.39 is 0 Å². The lowest BCUT2D eigenvalue weighted by Crippen LogP contribution is -2.47. The minimum atomic E-state index is 0.0469. The molecule has 3 aromatic heterocycles. The number of amides is 1. The zero-order valence-corrected chi connectivity index (χ0v) is 14.9. The van der Waals surface area contributed by atoms with E-state index in [4.69, 9.17) is 0 Å². The van der Waals surface area contributed by atoms with Gasteiger partial charge in [0.25, 0.3) is 0 Å². The van der Waals surface area contributed by atoms with Crippen LogP contribution < -0.4 is 10.2 Å². The predicted molar refractivity (Wildman–Crippen MR) is 102 cm³/mol. The van der Waals surface area contributed by atoms with E-state index in [1.165, 1.54) is 5.39 Å². The highest BCUT2D eigenvalue weighted by Crippen LogP contribution is 2.36. The number of nitrogens with zero attached hydrogens (tertiary/aromatic N) is 3. The Morgan fingerprint density at radius 3 is 2.96 bits per heavy atom. The molecule has 1 saturated heterocycles. The van der Waals surface area contributed by atoms with Crippen LogP contribution in [0.4, 0.5) is 5.69 Å². The first-order chi connectivity index (χ1) is 12.7. The van der Waals surface area contributed by atoms with Crippen molar-refractivity contribution in [1.82, 2.24) is 20.3 Å². The van der Waals surface area contributed by atoms with Crippen LogP contribution in [-0.2, 0) is 4.79 Å². The highest BCUT2D eigenvalue weighted by molar-refractivity contribution is 6.11. The Bertz CT molecular complexity index is 977. The number of anilines is 1. The van der Waals surface area contributed by atoms with Crippen molar-refractivity contribution in [3.05, 3.63) is 30.9 Å². The molecule has 1 amide bonds. The van der Waals surface area contributed by atoms with E-state index in [-0.39, 0.29) is 11.8 Å². The molecule has 26 heavy (non-hydrogen) atoms. The van der Waals surface area contributed by atoms with Crippen LogP contribution in [0.1, 0.15) is 32.6 Å². The Hall–Kier alpha value is -2.63. The number of pyridine rings is 2. The molecule has 2 atom stereocenters. The largest absolute Gasteiger partial charge is 0.366 e. The van der Waals surface area contributed by atoms with Crippen molar-refractivity contribution in [2.75, 3.05) is 11.4 Å². The standard InChI is InChI=1S/C20H23N5O/c1-12-2-3-13(20(26)24-15-4-5-15)11-25(12)17-10-21-8-14-9-23-19-16(18(14)17)6-7-22-19/h6-10,12-13,15H,2-5,11H2,1H3,(H,22,23)(H,24,26). The van der Waals surface area contributed by atoms with Crippen LogP contribution in [-0.4, -0.2) is 39.5 Å². The highest BCUT2D eigenvalue weighted by atomic mass is 16.2. The Morgan fingerprint density at radius 1 is 1.23 bits per heavy atom. The molecule has 0 aromatic carbocycles.